The molecule has 0 bridgehead atoms. The van der Waals surface area contributed by atoms with E-state index in [2.05, 4.69) is 10.3 Å². The minimum Gasteiger partial charge on any atom is -0.409 e. The lowest BCUT2D eigenvalue weighted by atomic mass is 10.1. The molecule has 20 heavy (non-hydrogen) atoms. The Morgan fingerprint density at radius 2 is 2.15 bits per heavy atom. The second-order valence-electron chi connectivity index (χ2n) is 4.53. The molecule has 0 radical (unpaired) electrons. The van der Waals surface area contributed by atoms with Gasteiger partial charge >= 0.3 is 0 Å². The number of rotatable bonds is 6. The highest BCUT2D eigenvalue weighted by Gasteiger charge is 2.31. The minimum atomic E-state index is -3.72. The molecule has 1 unspecified atom stereocenters. The summed E-state index contributed by atoms with van der Waals surface area (Å²) < 4.78 is 31.3. The van der Waals surface area contributed by atoms with Crippen LogP contribution in [0.4, 0.5) is 0 Å². The summed E-state index contributed by atoms with van der Waals surface area (Å²) in [7, 11) is -3.72. The Morgan fingerprint density at radius 3 is 2.55 bits per heavy atom. The molecular weight excluding hydrogens is 284 g/mol. The van der Waals surface area contributed by atoms with Crippen LogP contribution in [0.5, 0.6) is 0 Å². The average molecular weight is 304 g/mol. The molecule has 0 amide bonds. The van der Waals surface area contributed by atoms with Gasteiger partial charge in [0.05, 0.1) is 0 Å². The molecule has 114 valence electrons. The van der Waals surface area contributed by atoms with Crippen LogP contribution in [0.1, 0.15) is 25.3 Å². The molecule has 0 aliphatic carbocycles. The van der Waals surface area contributed by atoms with Crippen molar-refractivity contribution in [2.45, 2.75) is 32.6 Å². The van der Waals surface area contributed by atoms with Gasteiger partial charge in [-0.15, -0.1) is 0 Å². The SMILES string of the molecule is CCN(CC(C)C(N)=NO)S(=O)(=O)c1c(C)noc1C. The normalized spacial score (nSPS) is 14.8. The Labute approximate surface area is 118 Å². The number of sulfonamides is 1. The van der Waals surface area contributed by atoms with Gasteiger partial charge in [-0.25, -0.2) is 8.42 Å². The molecule has 3 N–H and O–H groups in total. The largest absolute Gasteiger partial charge is 0.409 e. The fourth-order valence-corrected chi connectivity index (χ4v) is 3.70. The highest BCUT2D eigenvalue weighted by Crippen LogP contribution is 2.23. The summed E-state index contributed by atoms with van der Waals surface area (Å²) in [5.74, 6) is -0.176. The van der Waals surface area contributed by atoms with Crippen molar-refractivity contribution in [1.82, 2.24) is 9.46 Å². The van der Waals surface area contributed by atoms with Crippen molar-refractivity contribution in [2.75, 3.05) is 13.1 Å². The lowest BCUT2D eigenvalue weighted by Crippen LogP contribution is -2.39. The predicted octanol–water partition coefficient (Wildman–Crippen LogP) is 0.685. The van der Waals surface area contributed by atoms with Gasteiger partial charge in [0, 0.05) is 19.0 Å². The van der Waals surface area contributed by atoms with E-state index >= 15 is 0 Å². The lowest BCUT2D eigenvalue weighted by Gasteiger charge is -2.23. The van der Waals surface area contributed by atoms with Gasteiger partial charge in [-0.2, -0.15) is 4.31 Å². The van der Waals surface area contributed by atoms with Crippen molar-refractivity contribution in [3.63, 3.8) is 0 Å². The standard InChI is InChI=1S/C11H20N4O4S/c1-5-15(6-7(2)11(12)13-16)20(17,18)10-8(3)14-19-9(10)4/h7,16H,5-6H2,1-4H3,(H2,12,13). The second kappa shape index (κ2) is 6.23. The molecule has 0 saturated carbocycles. The number of oxime groups is 1. The maximum atomic E-state index is 12.6. The first kappa shape index (κ1) is 16.4. The Balaban J connectivity index is 3.12. The fourth-order valence-electron chi connectivity index (χ4n) is 1.87. The van der Waals surface area contributed by atoms with E-state index in [1.54, 1.807) is 27.7 Å². The first-order chi connectivity index (χ1) is 9.25. The van der Waals surface area contributed by atoms with Gasteiger partial charge in [0.1, 0.15) is 16.4 Å². The number of nitrogens with two attached hydrogens (primary N) is 1. The maximum Gasteiger partial charge on any atom is 0.248 e. The zero-order valence-corrected chi connectivity index (χ0v) is 12.8. The molecule has 1 heterocycles. The summed E-state index contributed by atoms with van der Waals surface area (Å²) in [5, 5.41) is 15.2. The third-order valence-electron chi connectivity index (χ3n) is 3.02. The average Bonchev–Trinajstić information content (AvgIpc) is 2.74. The number of amidine groups is 1. The van der Waals surface area contributed by atoms with Crippen molar-refractivity contribution in [3.8, 4) is 0 Å². The van der Waals surface area contributed by atoms with E-state index in [4.69, 9.17) is 15.5 Å². The van der Waals surface area contributed by atoms with Crippen molar-refractivity contribution in [1.29, 1.82) is 0 Å². The van der Waals surface area contributed by atoms with E-state index in [9.17, 15) is 8.42 Å². The van der Waals surface area contributed by atoms with Crippen LogP contribution < -0.4 is 5.73 Å². The topological polar surface area (TPSA) is 122 Å². The van der Waals surface area contributed by atoms with Crippen LogP contribution in [-0.2, 0) is 10.0 Å². The molecule has 9 heteroatoms. The number of hydrogen-bond donors (Lipinski definition) is 2. The lowest BCUT2D eigenvalue weighted by molar-refractivity contribution is 0.311. The van der Waals surface area contributed by atoms with Crippen LogP contribution in [-0.4, -0.2) is 42.0 Å². The summed E-state index contributed by atoms with van der Waals surface area (Å²) in [6.45, 7) is 6.89. The second-order valence-corrected chi connectivity index (χ2v) is 6.41. The van der Waals surface area contributed by atoms with Crippen LogP contribution in [0.25, 0.3) is 0 Å². The van der Waals surface area contributed by atoms with Gasteiger partial charge in [-0.1, -0.05) is 24.2 Å². The number of aryl methyl sites for hydroxylation is 2. The highest BCUT2D eigenvalue weighted by atomic mass is 32.2. The zero-order chi connectivity index (χ0) is 15.5. The maximum absolute atomic E-state index is 12.6. The van der Waals surface area contributed by atoms with Gasteiger partial charge in [0.2, 0.25) is 10.0 Å². The first-order valence-electron chi connectivity index (χ1n) is 6.16. The van der Waals surface area contributed by atoms with E-state index in [1.807, 2.05) is 0 Å². The molecule has 0 saturated heterocycles. The Morgan fingerprint density at radius 1 is 1.55 bits per heavy atom. The third kappa shape index (κ3) is 3.10. The van der Waals surface area contributed by atoms with Crippen molar-refractivity contribution in [3.05, 3.63) is 11.5 Å². The van der Waals surface area contributed by atoms with E-state index in [1.165, 1.54) is 4.31 Å². The van der Waals surface area contributed by atoms with Crippen molar-refractivity contribution in [2.24, 2.45) is 16.8 Å². The van der Waals surface area contributed by atoms with E-state index < -0.39 is 15.9 Å². The van der Waals surface area contributed by atoms with E-state index in [-0.39, 0.29) is 29.6 Å². The Bertz CT molecular complexity index is 574. The molecule has 0 aliphatic heterocycles. The molecule has 1 rings (SSSR count). The fraction of sp³-hybridized carbons (Fsp3) is 0.636. The summed E-state index contributed by atoms with van der Waals surface area (Å²) in [6, 6.07) is 0. The smallest absolute Gasteiger partial charge is 0.248 e. The first-order valence-corrected chi connectivity index (χ1v) is 7.60. The number of aromatic nitrogens is 1. The molecule has 0 fully saturated rings. The summed E-state index contributed by atoms with van der Waals surface area (Å²) in [5.41, 5.74) is 5.81. The molecule has 1 aromatic rings. The monoisotopic (exact) mass is 304 g/mol. The minimum absolute atomic E-state index is 0.0163. The zero-order valence-electron chi connectivity index (χ0n) is 12.0. The van der Waals surface area contributed by atoms with Gasteiger partial charge < -0.3 is 15.5 Å². The molecule has 8 nitrogen and oxygen atoms in total. The van der Waals surface area contributed by atoms with Crippen molar-refractivity contribution < 1.29 is 18.1 Å². The number of hydrogen-bond acceptors (Lipinski definition) is 6. The molecule has 1 aromatic heterocycles. The van der Waals surface area contributed by atoms with Crippen LogP contribution in [0.2, 0.25) is 0 Å². The summed E-state index contributed by atoms with van der Waals surface area (Å²) >= 11 is 0. The molecule has 0 aromatic carbocycles. The Hall–Kier alpha value is -1.61. The quantitative estimate of drug-likeness (QED) is 0.345. The molecule has 0 spiro atoms. The highest BCUT2D eigenvalue weighted by molar-refractivity contribution is 7.89. The van der Waals surface area contributed by atoms with E-state index in [0.717, 1.165) is 0 Å². The predicted molar refractivity (Wildman–Crippen MR) is 73.0 cm³/mol. The molecular formula is C11H20N4O4S. The molecule has 0 aliphatic rings. The van der Waals surface area contributed by atoms with Gasteiger partial charge in [0.25, 0.3) is 0 Å². The third-order valence-corrected chi connectivity index (χ3v) is 5.20. The van der Waals surface area contributed by atoms with Gasteiger partial charge in [0.15, 0.2) is 5.76 Å². The summed E-state index contributed by atoms with van der Waals surface area (Å²) in [4.78, 5) is 0.0751. The summed E-state index contributed by atoms with van der Waals surface area (Å²) in [6.07, 6.45) is 0. The number of nitrogens with zero attached hydrogens (tertiary/aromatic N) is 3. The van der Waals surface area contributed by atoms with Gasteiger partial charge in [-0.3, -0.25) is 0 Å². The van der Waals surface area contributed by atoms with E-state index in [0.29, 0.717) is 5.69 Å². The Kier molecular flexibility index (Phi) is 5.12. The van der Waals surface area contributed by atoms with Crippen LogP contribution in [0, 0.1) is 19.8 Å². The van der Waals surface area contributed by atoms with Crippen molar-refractivity contribution >= 4 is 15.9 Å². The van der Waals surface area contributed by atoms with Crippen LogP contribution >= 0.6 is 0 Å². The van der Waals surface area contributed by atoms with Crippen LogP contribution in [0.3, 0.4) is 0 Å². The molecule has 1 atom stereocenters. The van der Waals surface area contributed by atoms with Gasteiger partial charge in [-0.05, 0) is 13.8 Å². The van der Waals surface area contributed by atoms with Crippen LogP contribution in [0.15, 0.2) is 14.6 Å².